The molecule has 15 nitrogen and oxygen atoms in total. The van der Waals surface area contributed by atoms with Gasteiger partial charge in [-0.25, -0.2) is 4.79 Å². The molecule has 0 radical (unpaired) electrons. The number of carboxylic acids is 1. The predicted octanol–water partition coefficient (Wildman–Crippen LogP) is 2.00. The van der Waals surface area contributed by atoms with Crippen LogP contribution in [0.25, 0.3) is 10.9 Å². The molecule has 1 aliphatic heterocycles. The number of nitrogens with zero attached hydrogens (tertiary/aromatic N) is 3. The van der Waals surface area contributed by atoms with Crippen LogP contribution < -0.4 is 21.3 Å². The van der Waals surface area contributed by atoms with Gasteiger partial charge in [-0.15, -0.1) is 0 Å². The third-order valence-electron chi connectivity index (χ3n) is 10.1. The molecule has 5 N–H and O–H groups in total. The molecule has 0 saturated carbocycles. The summed E-state index contributed by atoms with van der Waals surface area (Å²) in [7, 11) is 5.27. The second-order valence-corrected chi connectivity index (χ2v) is 16.0. The molecule has 2 aromatic rings. The maximum atomic E-state index is 14.3. The molecule has 2 heterocycles. The van der Waals surface area contributed by atoms with E-state index in [4.69, 9.17) is 0 Å². The number of hydrogen-bond acceptors (Lipinski definition) is 8. The Morgan fingerprint density at radius 3 is 2.09 bits per heavy atom. The molecule has 300 valence electrons. The highest BCUT2D eigenvalue weighted by molar-refractivity contribution is 6.12. The van der Waals surface area contributed by atoms with Crippen molar-refractivity contribution in [3.05, 3.63) is 59.8 Å². The lowest BCUT2D eigenvalue weighted by Crippen LogP contribution is -2.61. The van der Waals surface area contributed by atoms with Gasteiger partial charge in [0.05, 0.1) is 18.5 Å². The summed E-state index contributed by atoms with van der Waals surface area (Å²) in [5.74, 6) is -4.85. The first-order valence-corrected chi connectivity index (χ1v) is 18.3. The van der Waals surface area contributed by atoms with E-state index in [0.717, 1.165) is 33.5 Å². The Balaban J connectivity index is 1.75. The van der Waals surface area contributed by atoms with E-state index in [1.807, 2.05) is 90.5 Å². The maximum Gasteiger partial charge on any atom is 0.326 e. The standard InChI is InChI=1S/C40H57N7O8/c1-23(2)29(20-24(3)35(51)43-27(38(54)55)21-30(48)42-18-19-47-31(49)16-17-32(47)50)46(11)37(53)34(39(4,5)6)44-36(52)33(41-9)40(7,8)26-22-45(10)28-15-13-12-14-25(26)28/h12-17,20,22-23,27,29,33-34,41H,18-19,21H2,1-11H3,(H,42,48)(H,43,51)(H,44,52)(H,54,55)/b24-20+/t27-,29-,33-,34?/m1/s1. The number of aliphatic carboxylic acids is 1. The smallest absolute Gasteiger partial charge is 0.326 e. The molecule has 1 aromatic heterocycles. The highest BCUT2D eigenvalue weighted by atomic mass is 16.4. The van der Waals surface area contributed by atoms with Gasteiger partial charge in [-0.1, -0.05) is 72.7 Å². The molecule has 0 saturated heterocycles. The van der Waals surface area contributed by atoms with Crippen molar-refractivity contribution in [1.29, 1.82) is 0 Å². The Hall–Kier alpha value is -5.31. The lowest BCUT2D eigenvalue weighted by molar-refractivity contribution is -0.143. The maximum absolute atomic E-state index is 14.3. The average Bonchev–Trinajstić information content (AvgIpc) is 3.62. The zero-order valence-corrected chi connectivity index (χ0v) is 33.8. The second kappa shape index (κ2) is 17.9. The summed E-state index contributed by atoms with van der Waals surface area (Å²) in [5, 5.41) is 21.9. The van der Waals surface area contributed by atoms with Gasteiger partial charge in [0, 0.05) is 67.4 Å². The summed E-state index contributed by atoms with van der Waals surface area (Å²) in [5.41, 5.74) is 0.724. The highest BCUT2D eigenvalue weighted by Crippen LogP contribution is 2.35. The summed E-state index contributed by atoms with van der Waals surface area (Å²) in [4.78, 5) is 92.1. The van der Waals surface area contributed by atoms with E-state index in [9.17, 15) is 38.7 Å². The van der Waals surface area contributed by atoms with Gasteiger partial charge < -0.3 is 35.8 Å². The molecule has 6 amide bonds. The van der Waals surface area contributed by atoms with Gasteiger partial charge >= 0.3 is 5.97 Å². The Morgan fingerprint density at radius 1 is 0.945 bits per heavy atom. The number of rotatable bonds is 17. The summed E-state index contributed by atoms with van der Waals surface area (Å²) in [6.45, 7) is 14.6. The number of aryl methyl sites for hydroxylation is 1. The molecule has 55 heavy (non-hydrogen) atoms. The third kappa shape index (κ3) is 10.5. The number of fused-ring (bicyclic) bond motifs is 1. The summed E-state index contributed by atoms with van der Waals surface area (Å²) in [6.07, 6.45) is 5.22. The Labute approximate surface area is 322 Å². The van der Waals surface area contributed by atoms with Crippen LogP contribution in [0.4, 0.5) is 0 Å². The molecular formula is C40H57N7O8. The minimum Gasteiger partial charge on any atom is -0.480 e. The highest BCUT2D eigenvalue weighted by Gasteiger charge is 2.42. The Kier molecular flexibility index (Phi) is 14.3. The summed E-state index contributed by atoms with van der Waals surface area (Å²) < 4.78 is 2.03. The van der Waals surface area contributed by atoms with Crippen LogP contribution in [0.3, 0.4) is 0 Å². The van der Waals surface area contributed by atoms with E-state index in [0.29, 0.717) is 0 Å². The molecule has 0 bridgehead atoms. The van der Waals surface area contributed by atoms with Crippen LogP contribution in [0.1, 0.15) is 67.4 Å². The largest absolute Gasteiger partial charge is 0.480 e. The van der Waals surface area contributed by atoms with E-state index < -0.39 is 71.0 Å². The van der Waals surface area contributed by atoms with Crippen LogP contribution in [-0.2, 0) is 46.0 Å². The van der Waals surface area contributed by atoms with E-state index >= 15 is 0 Å². The summed E-state index contributed by atoms with van der Waals surface area (Å²) in [6, 6.07) is 4.09. The monoisotopic (exact) mass is 763 g/mol. The van der Waals surface area contributed by atoms with Gasteiger partial charge in [0.25, 0.3) is 11.8 Å². The first-order chi connectivity index (χ1) is 25.5. The molecule has 4 atom stereocenters. The van der Waals surface area contributed by atoms with Crippen molar-refractivity contribution in [2.75, 3.05) is 27.2 Å². The van der Waals surface area contributed by atoms with Crippen molar-refractivity contribution in [1.82, 2.24) is 35.6 Å². The van der Waals surface area contributed by atoms with Gasteiger partial charge in [-0.05, 0) is 36.9 Å². The number of carboxylic acid groups (broad SMARTS) is 1. The van der Waals surface area contributed by atoms with Gasteiger partial charge in [0.15, 0.2) is 0 Å². The molecule has 1 aromatic carbocycles. The fraction of sp³-hybridized carbons (Fsp3) is 0.525. The normalized spacial score (nSPS) is 15.9. The molecule has 3 rings (SSSR count). The number of imide groups is 1. The zero-order valence-electron chi connectivity index (χ0n) is 33.8. The molecule has 0 fully saturated rings. The van der Waals surface area contributed by atoms with Crippen molar-refractivity contribution in [3.8, 4) is 0 Å². The average molecular weight is 764 g/mol. The van der Waals surface area contributed by atoms with Crippen molar-refractivity contribution in [2.24, 2.45) is 18.4 Å². The summed E-state index contributed by atoms with van der Waals surface area (Å²) >= 11 is 0. The number of hydrogen-bond donors (Lipinski definition) is 5. The van der Waals surface area contributed by atoms with E-state index in [-0.39, 0.29) is 36.4 Å². The fourth-order valence-electron chi connectivity index (χ4n) is 6.83. The van der Waals surface area contributed by atoms with E-state index in [1.54, 1.807) is 20.2 Å². The molecule has 0 aliphatic carbocycles. The van der Waals surface area contributed by atoms with Crippen LogP contribution in [0, 0.1) is 11.3 Å². The number of carbonyl (C=O) groups is 7. The fourth-order valence-corrected chi connectivity index (χ4v) is 6.83. The van der Waals surface area contributed by atoms with Crippen molar-refractivity contribution in [2.45, 2.75) is 91.4 Å². The molecule has 0 spiro atoms. The first kappa shape index (κ1) is 44.1. The van der Waals surface area contributed by atoms with Crippen LogP contribution in [-0.4, -0.2) is 112 Å². The quantitative estimate of drug-likeness (QED) is 0.118. The number of likely N-dealkylation sites (N-methyl/N-ethyl adjacent to an activating group) is 2. The van der Waals surface area contributed by atoms with Crippen LogP contribution in [0.15, 0.2) is 54.3 Å². The Bertz CT molecular complexity index is 1850. The lowest BCUT2D eigenvalue weighted by atomic mass is 9.76. The SMILES string of the molecule is CN[C@H](C(=O)NC(C(=O)N(C)[C@H](/C=C(\C)C(=O)N[C@H](CC(=O)NCCN1C(=O)C=CC1=O)C(=O)O)C(C)C)C(C)(C)C)C(C)(C)c1cn(C)c2ccccc12. The minimum absolute atomic E-state index is 0.0932. The molecule has 15 heteroatoms. The van der Waals surface area contributed by atoms with Crippen LogP contribution in [0.5, 0.6) is 0 Å². The third-order valence-corrected chi connectivity index (χ3v) is 10.1. The lowest BCUT2D eigenvalue weighted by Gasteiger charge is -2.39. The van der Waals surface area contributed by atoms with Crippen molar-refractivity contribution >= 4 is 52.3 Å². The van der Waals surface area contributed by atoms with Crippen molar-refractivity contribution < 1.29 is 38.7 Å². The predicted molar refractivity (Wildman–Crippen MR) is 208 cm³/mol. The first-order valence-electron chi connectivity index (χ1n) is 18.3. The van der Waals surface area contributed by atoms with Gasteiger partial charge in [-0.2, -0.15) is 0 Å². The molecule has 1 aliphatic rings. The van der Waals surface area contributed by atoms with Crippen molar-refractivity contribution in [3.63, 3.8) is 0 Å². The number of amides is 6. The topological polar surface area (TPSA) is 199 Å². The number of nitrogens with one attached hydrogen (secondary N) is 4. The Morgan fingerprint density at radius 2 is 1.55 bits per heavy atom. The van der Waals surface area contributed by atoms with Gasteiger partial charge in [0.1, 0.15) is 12.1 Å². The van der Waals surface area contributed by atoms with Crippen LogP contribution in [0.2, 0.25) is 0 Å². The number of para-hydroxylation sites is 1. The molecular weight excluding hydrogens is 706 g/mol. The minimum atomic E-state index is -1.58. The van der Waals surface area contributed by atoms with Crippen LogP contribution >= 0.6 is 0 Å². The second-order valence-electron chi connectivity index (χ2n) is 16.0. The number of benzene rings is 1. The van der Waals surface area contributed by atoms with Gasteiger partial charge in [0.2, 0.25) is 23.6 Å². The van der Waals surface area contributed by atoms with E-state index in [1.165, 1.54) is 11.8 Å². The number of aromatic nitrogens is 1. The molecule has 1 unspecified atom stereocenters. The van der Waals surface area contributed by atoms with E-state index in [2.05, 4.69) is 21.3 Å². The zero-order chi connectivity index (χ0) is 41.6. The number of carbonyl (C=O) groups excluding carboxylic acids is 6. The van der Waals surface area contributed by atoms with Gasteiger partial charge in [-0.3, -0.25) is 33.7 Å².